The third kappa shape index (κ3) is 10.2. The van der Waals surface area contributed by atoms with Crippen LogP contribution in [0.1, 0.15) is 74.9 Å². The normalized spacial score (nSPS) is 11.2. The van der Waals surface area contributed by atoms with Gasteiger partial charge in [0.25, 0.3) is 0 Å². The minimum absolute atomic E-state index is 0. The van der Waals surface area contributed by atoms with E-state index >= 15 is 0 Å². The van der Waals surface area contributed by atoms with E-state index in [1.54, 1.807) is 0 Å². The van der Waals surface area contributed by atoms with Crippen LogP contribution in [0.3, 0.4) is 0 Å². The Balaban J connectivity index is 0.000000202. The maximum atomic E-state index is 3.67. The van der Waals surface area contributed by atoms with Gasteiger partial charge in [0.05, 0.1) is 0 Å². The Labute approximate surface area is 316 Å². The van der Waals surface area contributed by atoms with Crippen molar-refractivity contribution in [2.24, 2.45) is 0 Å². The maximum Gasteiger partial charge on any atom is -0.0623 e. The first-order valence-corrected chi connectivity index (χ1v) is 17.4. The van der Waals surface area contributed by atoms with Crippen LogP contribution in [0, 0.1) is 6.07 Å². The first kappa shape index (κ1) is 39.2. The molecular formula is C45H44Cl2Zr-2. The molecule has 6 aromatic carbocycles. The molecule has 48 heavy (non-hydrogen) atoms. The third-order valence-corrected chi connectivity index (χ3v) is 9.78. The van der Waals surface area contributed by atoms with Gasteiger partial charge in [-0.15, -0.1) is 11.1 Å². The van der Waals surface area contributed by atoms with E-state index in [0.717, 1.165) is 6.42 Å². The summed E-state index contributed by atoms with van der Waals surface area (Å²) in [5, 5.41) is 0. The quantitative estimate of drug-likeness (QED) is 0.209. The van der Waals surface area contributed by atoms with Crippen molar-refractivity contribution in [1.82, 2.24) is 0 Å². The molecule has 6 aromatic rings. The van der Waals surface area contributed by atoms with Gasteiger partial charge >= 0.3 is 99.2 Å². The summed E-state index contributed by atoms with van der Waals surface area (Å²) in [5.41, 5.74) is 14.0. The van der Waals surface area contributed by atoms with Crippen molar-refractivity contribution in [1.29, 1.82) is 0 Å². The molecule has 1 aliphatic carbocycles. The fourth-order valence-corrected chi connectivity index (χ4v) is 6.42. The molecule has 0 N–H and O–H groups in total. The van der Waals surface area contributed by atoms with Crippen molar-refractivity contribution in [3.05, 3.63) is 185 Å². The SMILES string of the molecule is CC(C)(C)c1[c-]c2c(cc1)-c1ccc(C(C)(C)C)cc1C2.[Cl-].[Cl-].[Zr+2]=[C](c1ccccc1)c1ccccc1.c1ccc(-c2cc[cH-]c2)cc1. The van der Waals surface area contributed by atoms with Gasteiger partial charge in [0.1, 0.15) is 0 Å². The molecule has 0 fully saturated rings. The predicted molar refractivity (Wildman–Crippen MR) is 194 cm³/mol. The molecule has 0 spiro atoms. The zero-order valence-corrected chi connectivity index (χ0v) is 32.8. The van der Waals surface area contributed by atoms with Gasteiger partial charge in [0, 0.05) is 0 Å². The Morgan fingerprint density at radius 2 is 1.15 bits per heavy atom. The first-order valence-electron chi connectivity index (χ1n) is 16.2. The van der Waals surface area contributed by atoms with Crippen LogP contribution in [0.15, 0.2) is 146 Å². The molecule has 0 heterocycles. The van der Waals surface area contributed by atoms with E-state index in [1.807, 2.05) is 6.07 Å². The fourth-order valence-electron chi connectivity index (χ4n) is 5.60. The van der Waals surface area contributed by atoms with E-state index in [1.165, 1.54) is 83.1 Å². The van der Waals surface area contributed by atoms with Gasteiger partial charge in [0.2, 0.25) is 0 Å². The van der Waals surface area contributed by atoms with Crippen molar-refractivity contribution in [2.75, 3.05) is 0 Å². The molecule has 0 atom stereocenters. The van der Waals surface area contributed by atoms with Crippen molar-refractivity contribution < 1.29 is 49.0 Å². The van der Waals surface area contributed by atoms with Gasteiger partial charge < -0.3 is 24.8 Å². The predicted octanol–water partition coefficient (Wildman–Crippen LogP) is 5.54. The summed E-state index contributed by atoms with van der Waals surface area (Å²) in [7, 11) is 0. The second kappa shape index (κ2) is 17.4. The van der Waals surface area contributed by atoms with Crippen LogP contribution in [0.5, 0.6) is 0 Å². The number of fused-ring (bicyclic) bond motifs is 3. The van der Waals surface area contributed by atoms with E-state index in [2.05, 4.69) is 187 Å². The second-order valence-corrected chi connectivity index (χ2v) is 15.2. The van der Waals surface area contributed by atoms with Gasteiger partial charge in [-0.25, -0.2) is 6.07 Å². The molecule has 0 unspecified atom stereocenters. The van der Waals surface area contributed by atoms with Crippen LogP contribution in [-0.4, -0.2) is 3.21 Å². The van der Waals surface area contributed by atoms with Crippen molar-refractivity contribution >= 4 is 3.21 Å². The largest absolute Gasteiger partial charge is 0.206 e. The van der Waals surface area contributed by atoms with Crippen LogP contribution >= 0.6 is 0 Å². The van der Waals surface area contributed by atoms with E-state index in [4.69, 9.17) is 0 Å². The zero-order chi connectivity index (χ0) is 32.7. The standard InChI is InChI=1S/C21H25.C13H10.C11H9.2ClH.Zr/c1-20(2,3)16-7-9-18-14(12-16)11-15-13-17(21(4,5)6)8-10-19(15)18;1-3-7-12(8-4-1)11-13-9-5-2-6-10-13;1-2-6-10(7-3-1)11-8-4-5-9-11;;;/h7-10,12H,11H2,1-6H3;1-10H;1-9H;2*1H;/q-1;;-1;;;+2/p-2. The molecule has 0 amide bonds. The minimum atomic E-state index is 0. The third-order valence-electron chi connectivity index (χ3n) is 8.36. The van der Waals surface area contributed by atoms with Gasteiger partial charge in [-0.05, 0) is 28.4 Å². The number of halogens is 2. The minimum Gasteiger partial charge on any atom is -0.206 e. The smallest absolute Gasteiger partial charge is 0.0623 e. The summed E-state index contributed by atoms with van der Waals surface area (Å²) in [6, 6.07) is 55.0. The molecule has 244 valence electrons. The summed E-state index contributed by atoms with van der Waals surface area (Å²) in [4.78, 5) is 0. The zero-order valence-electron chi connectivity index (χ0n) is 28.8. The molecule has 7 rings (SSSR count). The monoisotopic (exact) mass is 744 g/mol. The molecule has 0 saturated carbocycles. The summed E-state index contributed by atoms with van der Waals surface area (Å²) in [6.45, 7) is 13.6. The van der Waals surface area contributed by atoms with E-state index in [-0.39, 0.29) is 35.6 Å². The fraction of sp³-hybridized carbons (Fsp3) is 0.200. The molecule has 1 aliphatic rings. The Hall–Kier alpha value is -3.22. The topological polar surface area (TPSA) is 0 Å². The van der Waals surface area contributed by atoms with Crippen LogP contribution in [0.4, 0.5) is 0 Å². The molecule has 0 radical (unpaired) electrons. The summed E-state index contributed by atoms with van der Waals surface area (Å²) < 4.78 is 1.42. The van der Waals surface area contributed by atoms with Gasteiger partial charge in [-0.3, -0.25) is 0 Å². The van der Waals surface area contributed by atoms with Crippen molar-refractivity contribution in [3.63, 3.8) is 0 Å². The average Bonchev–Trinajstić information content (AvgIpc) is 3.74. The Kier molecular flexibility index (Phi) is 14.3. The number of hydrogen-bond acceptors (Lipinski definition) is 0. The van der Waals surface area contributed by atoms with Gasteiger partial charge in [-0.2, -0.15) is 47.5 Å². The van der Waals surface area contributed by atoms with Crippen LogP contribution in [-0.2, 0) is 41.5 Å². The van der Waals surface area contributed by atoms with Gasteiger partial charge in [-0.1, -0.05) is 101 Å². The molecule has 0 bridgehead atoms. The van der Waals surface area contributed by atoms with E-state index in [9.17, 15) is 0 Å². The maximum absolute atomic E-state index is 3.67. The van der Waals surface area contributed by atoms with E-state index < -0.39 is 0 Å². The second-order valence-electron chi connectivity index (χ2n) is 14.0. The molecule has 0 aromatic heterocycles. The Morgan fingerprint density at radius 3 is 1.65 bits per heavy atom. The summed E-state index contributed by atoms with van der Waals surface area (Å²) >= 11 is 1.46. The van der Waals surface area contributed by atoms with Gasteiger partial charge in [0.15, 0.2) is 0 Å². The Morgan fingerprint density at radius 1 is 0.604 bits per heavy atom. The van der Waals surface area contributed by atoms with Crippen LogP contribution in [0.2, 0.25) is 0 Å². The average molecular weight is 747 g/mol. The molecule has 0 saturated heterocycles. The number of rotatable bonds is 3. The first-order chi connectivity index (χ1) is 22.0. The number of benzene rings is 5. The number of hydrogen-bond donors (Lipinski definition) is 0. The molecular weight excluding hydrogens is 703 g/mol. The van der Waals surface area contributed by atoms with Crippen LogP contribution < -0.4 is 24.8 Å². The summed E-state index contributed by atoms with van der Waals surface area (Å²) in [5.74, 6) is 0. The molecule has 0 nitrogen and oxygen atoms in total. The van der Waals surface area contributed by atoms with E-state index in [0.29, 0.717) is 0 Å². The van der Waals surface area contributed by atoms with Crippen LogP contribution in [0.25, 0.3) is 22.3 Å². The molecule has 3 heteroatoms. The van der Waals surface area contributed by atoms with Crippen molar-refractivity contribution in [2.45, 2.75) is 58.8 Å². The Bertz CT molecular complexity index is 1760. The summed E-state index contributed by atoms with van der Waals surface area (Å²) in [6.07, 6.45) is 1.03. The molecule has 0 aliphatic heterocycles. The van der Waals surface area contributed by atoms with Crippen molar-refractivity contribution in [3.8, 4) is 22.3 Å².